The topological polar surface area (TPSA) is 0 Å². The van der Waals surface area contributed by atoms with Crippen LogP contribution in [-0.2, 0) is 6.42 Å². The van der Waals surface area contributed by atoms with Crippen molar-refractivity contribution in [2.75, 3.05) is 0 Å². The van der Waals surface area contributed by atoms with E-state index >= 15 is 0 Å². The van der Waals surface area contributed by atoms with E-state index in [0.29, 0.717) is 17.5 Å². The molecule has 0 aliphatic carbocycles. The number of aryl methyl sites for hydroxylation is 1. The lowest BCUT2D eigenvalue weighted by Gasteiger charge is -2.14. The van der Waals surface area contributed by atoms with Gasteiger partial charge in [0.2, 0.25) is 0 Å². The molecule has 1 atom stereocenters. The SMILES string of the molecule is Cc1cccc(C(Cl)Cc2cccc3ccccc23)c1F. The maximum atomic E-state index is 14.2. The summed E-state index contributed by atoms with van der Waals surface area (Å²) < 4.78 is 14.2. The lowest BCUT2D eigenvalue weighted by atomic mass is 9.97. The zero-order valence-corrected chi connectivity index (χ0v) is 12.6. The van der Waals surface area contributed by atoms with E-state index in [1.54, 1.807) is 19.1 Å². The summed E-state index contributed by atoms with van der Waals surface area (Å²) in [5, 5.41) is 2.00. The van der Waals surface area contributed by atoms with Gasteiger partial charge in [0.15, 0.2) is 0 Å². The molecular weight excluding hydrogens is 283 g/mol. The first-order chi connectivity index (χ1) is 10.2. The summed E-state index contributed by atoms with van der Waals surface area (Å²) in [7, 11) is 0. The summed E-state index contributed by atoms with van der Waals surface area (Å²) in [6.07, 6.45) is 0.614. The number of hydrogen-bond donors (Lipinski definition) is 0. The van der Waals surface area contributed by atoms with Crippen LogP contribution in [0.25, 0.3) is 10.8 Å². The van der Waals surface area contributed by atoms with E-state index in [1.165, 1.54) is 10.8 Å². The first kappa shape index (κ1) is 14.1. The van der Waals surface area contributed by atoms with Crippen molar-refractivity contribution in [1.29, 1.82) is 0 Å². The molecule has 0 aliphatic heterocycles. The fourth-order valence-electron chi connectivity index (χ4n) is 2.69. The van der Waals surface area contributed by atoms with Gasteiger partial charge in [-0.25, -0.2) is 4.39 Å². The summed E-state index contributed by atoms with van der Waals surface area (Å²) in [5.41, 5.74) is 2.36. The lowest BCUT2D eigenvalue weighted by molar-refractivity contribution is 0.597. The van der Waals surface area contributed by atoms with Crippen LogP contribution in [0.15, 0.2) is 60.7 Å². The Hall–Kier alpha value is -1.86. The molecule has 106 valence electrons. The fourth-order valence-corrected chi connectivity index (χ4v) is 3.02. The van der Waals surface area contributed by atoms with E-state index in [-0.39, 0.29) is 11.2 Å². The van der Waals surface area contributed by atoms with E-state index in [1.807, 2.05) is 24.3 Å². The molecule has 0 nitrogen and oxygen atoms in total. The highest BCUT2D eigenvalue weighted by Gasteiger charge is 2.16. The van der Waals surface area contributed by atoms with Gasteiger partial charge in [0.1, 0.15) is 5.82 Å². The molecule has 0 heterocycles. The maximum Gasteiger partial charge on any atom is 0.130 e. The van der Waals surface area contributed by atoms with Crippen molar-refractivity contribution < 1.29 is 4.39 Å². The van der Waals surface area contributed by atoms with Crippen molar-refractivity contribution in [2.24, 2.45) is 0 Å². The zero-order valence-electron chi connectivity index (χ0n) is 11.8. The molecule has 2 heteroatoms. The fraction of sp³-hybridized carbons (Fsp3) is 0.158. The molecule has 0 amide bonds. The Bertz CT molecular complexity index is 774. The Kier molecular flexibility index (Phi) is 3.94. The first-order valence-corrected chi connectivity index (χ1v) is 7.46. The molecule has 0 saturated heterocycles. The van der Waals surface area contributed by atoms with Crippen molar-refractivity contribution >= 4 is 22.4 Å². The van der Waals surface area contributed by atoms with Gasteiger partial charge in [-0.2, -0.15) is 0 Å². The van der Waals surface area contributed by atoms with Crippen LogP contribution in [-0.4, -0.2) is 0 Å². The quantitative estimate of drug-likeness (QED) is 0.535. The van der Waals surface area contributed by atoms with Crippen molar-refractivity contribution in [3.8, 4) is 0 Å². The van der Waals surface area contributed by atoms with Gasteiger partial charge in [0, 0.05) is 5.56 Å². The second kappa shape index (κ2) is 5.87. The minimum absolute atomic E-state index is 0.197. The molecule has 0 aliphatic rings. The van der Waals surface area contributed by atoms with Gasteiger partial charge in [-0.15, -0.1) is 11.6 Å². The number of benzene rings is 3. The summed E-state index contributed by atoms with van der Waals surface area (Å²) in [6.45, 7) is 1.76. The highest BCUT2D eigenvalue weighted by atomic mass is 35.5. The number of halogens is 2. The molecule has 0 saturated carbocycles. The Morgan fingerprint density at radius 3 is 2.52 bits per heavy atom. The highest BCUT2D eigenvalue weighted by molar-refractivity contribution is 6.21. The monoisotopic (exact) mass is 298 g/mol. The molecule has 3 aromatic rings. The molecule has 3 rings (SSSR count). The third-order valence-corrected chi connectivity index (χ3v) is 4.23. The van der Waals surface area contributed by atoms with Crippen LogP contribution in [0.4, 0.5) is 4.39 Å². The van der Waals surface area contributed by atoms with Crippen LogP contribution in [0.5, 0.6) is 0 Å². The molecule has 3 aromatic carbocycles. The van der Waals surface area contributed by atoms with Crippen molar-refractivity contribution in [3.05, 3.63) is 83.2 Å². The minimum atomic E-state index is -0.365. The average molecular weight is 299 g/mol. The number of rotatable bonds is 3. The van der Waals surface area contributed by atoms with E-state index in [2.05, 4.69) is 24.3 Å². The van der Waals surface area contributed by atoms with Gasteiger partial charge in [0.05, 0.1) is 5.38 Å². The Morgan fingerprint density at radius 1 is 0.952 bits per heavy atom. The summed E-state index contributed by atoms with van der Waals surface area (Å²) in [6, 6.07) is 19.7. The standard InChI is InChI=1S/C19H16ClF/c1-13-6-4-11-17(19(13)21)18(20)12-15-9-5-8-14-7-2-3-10-16(14)15/h2-11,18H,12H2,1H3. The molecular formula is C19H16ClF. The van der Waals surface area contributed by atoms with Crippen LogP contribution in [0, 0.1) is 12.7 Å². The van der Waals surface area contributed by atoms with E-state index in [0.717, 1.165) is 5.56 Å². The molecule has 0 N–H and O–H groups in total. The third kappa shape index (κ3) is 2.79. The molecule has 21 heavy (non-hydrogen) atoms. The molecule has 0 fully saturated rings. The summed E-state index contributed by atoms with van der Waals surface area (Å²) >= 11 is 6.48. The van der Waals surface area contributed by atoms with Crippen LogP contribution < -0.4 is 0 Å². The second-order valence-corrected chi connectivity index (χ2v) is 5.81. The number of hydrogen-bond acceptors (Lipinski definition) is 0. The van der Waals surface area contributed by atoms with Gasteiger partial charge in [0.25, 0.3) is 0 Å². The van der Waals surface area contributed by atoms with Crippen LogP contribution in [0.2, 0.25) is 0 Å². The highest BCUT2D eigenvalue weighted by Crippen LogP contribution is 2.31. The average Bonchev–Trinajstić information content (AvgIpc) is 2.50. The van der Waals surface area contributed by atoms with Crippen LogP contribution >= 0.6 is 11.6 Å². The molecule has 0 aromatic heterocycles. The Labute approximate surface area is 129 Å². The Morgan fingerprint density at radius 2 is 1.67 bits per heavy atom. The van der Waals surface area contributed by atoms with E-state index in [9.17, 15) is 4.39 Å². The minimum Gasteiger partial charge on any atom is -0.206 e. The van der Waals surface area contributed by atoms with Gasteiger partial charge >= 0.3 is 0 Å². The zero-order chi connectivity index (χ0) is 14.8. The van der Waals surface area contributed by atoms with Gasteiger partial charge in [-0.3, -0.25) is 0 Å². The van der Waals surface area contributed by atoms with Gasteiger partial charge in [-0.1, -0.05) is 60.7 Å². The van der Waals surface area contributed by atoms with Crippen LogP contribution in [0.3, 0.4) is 0 Å². The summed E-state index contributed by atoms with van der Waals surface area (Å²) in [4.78, 5) is 0. The first-order valence-electron chi connectivity index (χ1n) is 7.02. The molecule has 0 spiro atoms. The van der Waals surface area contributed by atoms with Crippen molar-refractivity contribution in [2.45, 2.75) is 18.7 Å². The normalized spacial score (nSPS) is 12.5. The van der Waals surface area contributed by atoms with Gasteiger partial charge in [-0.05, 0) is 35.2 Å². The molecule has 0 bridgehead atoms. The number of alkyl halides is 1. The lowest BCUT2D eigenvalue weighted by Crippen LogP contribution is -2.01. The molecule has 0 radical (unpaired) electrons. The van der Waals surface area contributed by atoms with Crippen molar-refractivity contribution in [3.63, 3.8) is 0 Å². The van der Waals surface area contributed by atoms with Crippen LogP contribution in [0.1, 0.15) is 22.1 Å². The Balaban J connectivity index is 1.97. The van der Waals surface area contributed by atoms with Gasteiger partial charge < -0.3 is 0 Å². The third-order valence-electron chi connectivity index (χ3n) is 3.84. The largest absolute Gasteiger partial charge is 0.206 e. The maximum absolute atomic E-state index is 14.2. The predicted octanol–water partition coefficient (Wildman–Crippen LogP) is 5.81. The van der Waals surface area contributed by atoms with Crippen molar-refractivity contribution in [1.82, 2.24) is 0 Å². The summed E-state index contributed by atoms with van der Waals surface area (Å²) in [5.74, 6) is -0.197. The smallest absolute Gasteiger partial charge is 0.130 e. The second-order valence-electron chi connectivity index (χ2n) is 5.29. The predicted molar refractivity (Wildman–Crippen MR) is 87.4 cm³/mol. The van der Waals surface area contributed by atoms with E-state index < -0.39 is 0 Å². The van der Waals surface area contributed by atoms with E-state index in [4.69, 9.17) is 11.6 Å². The molecule has 1 unspecified atom stereocenters. The number of fused-ring (bicyclic) bond motifs is 1.